The van der Waals surface area contributed by atoms with Crippen LogP contribution in [0.3, 0.4) is 0 Å². The second kappa shape index (κ2) is 10.1. The van der Waals surface area contributed by atoms with E-state index >= 15 is 0 Å². The highest BCUT2D eigenvalue weighted by atomic mass is 16.3. The lowest BCUT2D eigenvalue weighted by Crippen LogP contribution is -2.41. The summed E-state index contributed by atoms with van der Waals surface area (Å²) in [5.74, 6) is 0.671. The first-order chi connectivity index (χ1) is 11.2. The lowest BCUT2D eigenvalue weighted by molar-refractivity contribution is 0.117. The van der Waals surface area contributed by atoms with Gasteiger partial charge in [0.05, 0.1) is 6.10 Å². The maximum atomic E-state index is 10.8. The van der Waals surface area contributed by atoms with E-state index in [0.29, 0.717) is 5.92 Å². The molecule has 0 unspecified atom stereocenters. The van der Waals surface area contributed by atoms with Crippen molar-refractivity contribution in [2.24, 2.45) is 5.92 Å². The van der Waals surface area contributed by atoms with E-state index in [9.17, 15) is 5.11 Å². The summed E-state index contributed by atoms with van der Waals surface area (Å²) in [6.45, 7) is 9.03. The number of hydrogen-bond donors (Lipinski definition) is 2. The van der Waals surface area contributed by atoms with Crippen molar-refractivity contribution in [3.63, 3.8) is 0 Å². The number of likely N-dealkylation sites (tertiary alicyclic amines) is 1. The third-order valence-electron chi connectivity index (χ3n) is 4.86. The summed E-state index contributed by atoms with van der Waals surface area (Å²) >= 11 is 0. The van der Waals surface area contributed by atoms with E-state index in [4.69, 9.17) is 0 Å². The van der Waals surface area contributed by atoms with E-state index in [1.165, 1.54) is 32.4 Å². The van der Waals surface area contributed by atoms with Crippen molar-refractivity contribution in [3.8, 4) is 0 Å². The van der Waals surface area contributed by atoms with Gasteiger partial charge in [-0.1, -0.05) is 50.6 Å². The lowest BCUT2D eigenvalue weighted by Gasteiger charge is -2.29. The van der Waals surface area contributed by atoms with Gasteiger partial charge in [-0.3, -0.25) is 0 Å². The summed E-state index contributed by atoms with van der Waals surface area (Å²) in [5, 5.41) is 14.4. The van der Waals surface area contributed by atoms with Crippen LogP contribution < -0.4 is 5.32 Å². The largest absolute Gasteiger partial charge is 0.387 e. The van der Waals surface area contributed by atoms with Gasteiger partial charge >= 0.3 is 0 Å². The quantitative estimate of drug-likeness (QED) is 0.730. The molecule has 1 aromatic carbocycles. The van der Waals surface area contributed by atoms with Crippen LogP contribution in [0, 0.1) is 5.92 Å². The van der Waals surface area contributed by atoms with Gasteiger partial charge in [0.2, 0.25) is 0 Å². The molecule has 130 valence electrons. The number of nitrogens with zero attached hydrogens (tertiary/aromatic N) is 1. The second-order valence-corrected chi connectivity index (χ2v) is 7.29. The number of nitrogens with one attached hydrogen (secondary N) is 1. The van der Waals surface area contributed by atoms with Crippen LogP contribution in [0.2, 0.25) is 0 Å². The first-order valence-corrected chi connectivity index (χ1v) is 9.35. The number of piperidine rings is 1. The first kappa shape index (κ1) is 18.4. The molecule has 0 radical (unpaired) electrons. The monoisotopic (exact) mass is 318 g/mol. The van der Waals surface area contributed by atoms with Gasteiger partial charge in [-0.05, 0) is 50.3 Å². The molecule has 1 heterocycles. The molecule has 1 aliphatic rings. The van der Waals surface area contributed by atoms with Crippen LogP contribution in [-0.2, 0) is 0 Å². The minimum absolute atomic E-state index is 0.143. The maximum Gasteiger partial charge on any atom is 0.0942 e. The molecular weight excluding hydrogens is 284 g/mol. The van der Waals surface area contributed by atoms with Crippen LogP contribution in [-0.4, -0.2) is 42.2 Å². The van der Waals surface area contributed by atoms with Crippen molar-refractivity contribution in [1.29, 1.82) is 0 Å². The topological polar surface area (TPSA) is 35.5 Å². The number of rotatable bonds is 9. The van der Waals surface area contributed by atoms with Gasteiger partial charge in [0.15, 0.2) is 0 Å². The van der Waals surface area contributed by atoms with E-state index in [0.717, 1.165) is 31.5 Å². The molecule has 0 bridgehead atoms. The number of aliphatic hydroxyl groups is 1. The number of aliphatic hydroxyl groups excluding tert-OH is 1. The molecule has 1 saturated heterocycles. The van der Waals surface area contributed by atoms with Gasteiger partial charge < -0.3 is 15.3 Å². The zero-order valence-electron chi connectivity index (χ0n) is 14.9. The highest BCUT2D eigenvalue weighted by molar-refractivity contribution is 5.18. The summed E-state index contributed by atoms with van der Waals surface area (Å²) in [4.78, 5) is 2.55. The lowest BCUT2D eigenvalue weighted by atomic mass is 9.95. The van der Waals surface area contributed by atoms with E-state index in [1.807, 2.05) is 30.3 Å². The van der Waals surface area contributed by atoms with Gasteiger partial charge in [-0.2, -0.15) is 0 Å². The maximum absolute atomic E-state index is 10.8. The molecule has 1 aliphatic heterocycles. The van der Waals surface area contributed by atoms with Crippen molar-refractivity contribution in [2.45, 2.75) is 58.1 Å². The Hall–Kier alpha value is -0.900. The van der Waals surface area contributed by atoms with Gasteiger partial charge in [-0.25, -0.2) is 0 Å². The van der Waals surface area contributed by atoms with Crippen LogP contribution >= 0.6 is 0 Å². The Morgan fingerprint density at radius 3 is 2.39 bits per heavy atom. The normalized spacial score (nSPS) is 19.0. The Bertz CT molecular complexity index is 415. The SMILES string of the molecule is CC(C)CC[C@H](NCCN1CCCCC1)[C@H](O)c1ccccc1. The zero-order valence-corrected chi connectivity index (χ0v) is 14.9. The molecule has 0 aromatic heterocycles. The Morgan fingerprint density at radius 1 is 1.04 bits per heavy atom. The summed E-state index contributed by atoms with van der Waals surface area (Å²) in [6.07, 6.45) is 5.80. The third kappa shape index (κ3) is 6.62. The van der Waals surface area contributed by atoms with Crippen molar-refractivity contribution in [1.82, 2.24) is 10.2 Å². The number of hydrogen-bond acceptors (Lipinski definition) is 3. The van der Waals surface area contributed by atoms with Crippen LogP contribution in [0.5, 0.6) is 0 Å². The smallest absolute Gasteiger partial charge is 0.0942 e. The fraction of sp³-hybridized carbons (Fsp3) is 0.700. The van der Waals surface area contributed by atoms with Crippen LogP contribution in [0.4, 0.5) is 0 Å². The Labute approximate surface area is 142 Å². The molecule has 1 aromatic rings. The Kier molecular flexibility index (Phi) is 8.07. The third-order valence-corrected chi connectivity index (χ3v) is 4.86. The standard InChI is InChI=1S/C20H34N2O/c1-17(2)11-12-19(20(23)18-9-5-3-6-10-18)21-13-16-22-14-7-4-8-15-22/h3,5-6,9-10,17,19-21,23H,4,7-8,11-16H2,1-2H3/t19-,20+/m0/s1. The molecule has 0 amide bonds. The van der Waals surface area contributed by atoms with Gasteiger partial charge in [0.25, 0.3) is 0 Å². The Balaban J connectivity index is 1.85. The average molecular weight is 319 g/mol. The summed E-state index contributed by atoms with van der Waals surface area (Å²) in [7, 11) is 0. The molecule has 0 saturated carbocycles. The Morgan fingerprint density at radius 2 is 1.74 bits per heavy atom. The average Bonchev–Trinajstić information content (AvgIpc) is 2.59. The minimum Gasteiger partial charge on any atom is -0.387 e. The van der Waals surface area contributed by atoms with Gasteiger partial charge in [-0.15, -0.1) is 0 Å². The molecule has 0 spiro atoms. The minimum atomic E-state index is -0.420. The van der Waals surface area contributed by atoms with Crippen molar-refractivity contribution < 1.29 is 5.11 Å². The molecule has 23 heavy (non-hydrogen) atoms. The predicted molar refractivity (Wildman–Crippen MR) is 97.6 cm³/mol. The highest BCUT2D eigenvalue weighted by Crippen LogP contribution is 2.21. The van der Waals surface area contributed by atoms with E-state index in [1.54, 1.807) is 0 Å². The predicted octanol–water partition coefficient (Wildman–Crippen LogP) is 3.60. The molecule has 0 aliphatic carbocycles. The first-order valence-electron chi connectivity index (χ1n) is 9.35. The van der Waals surface area contributed by atoms with Gasteiger partial charge in [0, 0.05) is 19.1 Å². The molecule has 2 rings (SSSR count). The summed E-state index contributed by atoms with van der Waals surface area (Å²) in [5.41, 5.74) is 1.02. The molecule has 3 nitrogen and oxygen atoms in total. The van der Waals surface area contributed by atoms with Crippen molar-refractivity contribution in [2.75, 3.05) is 26.2 Å². The molecule has 3 heteroatoms. The van der Waals surface area contributed by atoms with Crippen molar-refractivity contribution in [3.05, 3.63) is 35.9 Å². The fourth-order valence-corrected chi connectivity index (χ4v) is 3.36. The summed E-state index contributed by atoms with van der Waals surface area (Å²) < 4.78 is 0. The number of benzene rings is 1. The molecular formula is C20H34N2O. The molecule has 2 N–H and O–H groups in total. The summed E-state index contributed by atoms with van der Waals surface area (Å²) in [6, 6.07) is 10.2. The van der Waals surface area contributed by atoms with E-state index in [-0.39, 0.29) is 6.04 Å². The van der Waals surface area contributed by atoms with Crippen LogP contribution in [0.15, 0.2) is 30.3 Å². The molecule has 1 fully saturated rings. The van der Waals surface area contributed by atoms with E-state index in [2.05, 4.69) is 24.1 Å². The van der Waals surface area contributed by atoms with E-state index < -0.39 is 6.10 Å². The van der Waals surface area contributed by atoms with Crippen molar-refractivity contribution >= 4 is 0 Å². The molecule has 2 atom stereocenters. The zero-order chi connectivity index (χ0) is 16.5. The second-order valence-electron chi connectivity index (χ2n) is 7.29. The van der Waals surface area contributed by atoms with Gasteiger partial charge in [0.1, 0.15) is 0 Å². The van der Waals surface area contributed by atoms with Crippen LogP contribution in [0.1, 0.15) is 57.6 Å². The highest BCUT2D eigenvalue weighted by Gasteiger charge is 2.21. The van der Waals surface area contributed by atoms with Crippen LogP contribution in [0.25, 0.3) is 0 Å². The fourth-order valence-electron chi connectivity index (χ4n) is 3.36.